The van der Waals surface area contributed by atoms with Crippen LogP contribution in [0.1, 0.15) is 25.7 Å². The number of hydrogen-bond donors (Lipinski definition) is 2. The summed E-state index contributed by atoms with van der Waals surface area (Å²) in [6.07, 6.45) is -3.96. The van der Waals surface area contributed by atoms with E-state index in [0.29, 0.717) is 12.8 Å². The van der Waals surface area contributed by atoms with Crippen LogP contribution in [-0.4, -0.2) is 42.7 Å². The van der Waals surface area contributed by atoms with Gasteiger partial charge in [-0.2, -0.15) is 0 Å². The Kier molecular flexibility index (Phi) is 3.42. The van der Waals surface area contributed by atoms with Crippen LogP contribution >= 0.6 is 0 Å². The summed E-state index contributed by atoms with van der Waals surface area (Å²) in [5, 5.41) is 2.77. The van der Waals surface area contributed by atoms with Crippen molar-refractivity contribution in [3.63, 3.8) is 0 Å². The molecule has 2 bridgehead atoms. The molecular formula is C12H17F3N2O3. The van der Waals surface area contributed by atoms with Gasteiger partial charge < -0.3 is 15.8 Å². The number of carbonyl (C=O) groups excluding carboxylic acids is 1. The predicted molar refractivity (Wildman–Crippen MR) is 61.5 cm³/mol. The molecule has 2 saturated heterocycles. The number of halogens is 3. The van der Waals surface area contributed by atoms with Gasteiger partial charge in [-0.05, 0) is 25.7 Å². The average molecular weight is 294 g/mol. The lowest BCUT2D eigenvalue weighted by atomic mass is 9.84. The van der Waals surface area contributed by atoms with Crippen LogP contribution in [0.5, 0.6) is 0 Å². The van der Waals surface area contributed by atoms with Gasteiger partial charge in [-0.25, -0.2) is 0 Å². The minimum Gasteiger partial charge on any atom is -0.372 e. The van der Waals surface area contributed by atoms with Gasteiger partial charge in [-0.3, -0.25) is 9.53 Å². The third-order valence-electron chi connectivity index (χ3n) is 4.34. The van der Waals surface area contributed by atoms with Crippen LogP contribution in [0.2, 0.25) is 0 Å². The highest BCUT2D eigenvalue weighted by molar-refractivity contribution is 5.80. The minimum absolute atomic E-state index is 0.00248. The molecule has 114 valence electrons. The lowest BCUT2D eigenvalue weighted by molar-refractivity contribution is -0.351. The number of ether oxygens (including phenoxy) is 2. The van der Waals surface area contributed by atoms with Gasteiger partial charge in [0.1, 0.15) is 0 Å². The average Bonchev–Trinajstić information content (AvgIpc) is 2.82. The lowest BCUT2D eigenvalue weighted by Crippen LogP contribution is -2.52. The van der Waals surface area contributed by atoms with Crippen molar-refractivity contribution in [2.75, 3.05) is 0 Å². The smallest absolute Gasteiger partial charge is 0.372 e. The Balaban J connectivity index is 1.41. The van der Waals surface area contributed by atoms with Gasteiger partial charge in [0.25, 0.3) is 0 Å². The Hall–Kier alpha value is -0.860. The highest BCUT2D eigenvalue weighted by Gasteiger charge is 2.49. The molecule has 3 rings (SSSR count). The Morgan fingerprint density at radius 1 is 1.20 bits per heavy atom. The largest absolute Gasteiger partial charge is 0.522 e. The van der Waals surface area contributed by atoms with Gasteiger partial charge in [0.15, 0.2) is 0 Å². The number of carbonyl (C=O) groups is 1. The molecule has 2 aliphatic heterocycles. The zero-order chi connectivity index (χ0) is 14.5. The summed E-state index contributed by atoms with van der Waals surface area (Å²) in [5.41, 5.74) is 5.82. The van der Waals surface area contributed by atoms with E-state index in [9.17, 15) is 18.0 Å². The molecule has 4 atom stereocenters. The van der Waals surface area contributed by atoms with Crippen LogP contribution in [0.15, 0.2) is 0 Å². The van der Waals surface area contributed by atoms with E-state index in [1.54, 1.807) is 0 Å². The molecule has 0 aromatic heterocycles. The van der Waals surface area contributed by atoms with Gasteiger partial charge in [0, 0.05) is 12.1 Å². The van der Waals surface area contributed by atoms with E-state index < -0.39 is 12.5 Å². The second kappa shape index (κ2) is 4.85. The van der Waals surface area contributed by atoms with Crippen molar-refractivity contribution in [2.45, 2.75) is 62.4 Å². The summed E-state index contributed by atoms with van der Waals surface area (Å²) in [6, 6.07) is -0.236. The predicted octanol–water partition coefficient (Wildman–Crippen LogP) is 0.675. The van der Waals surface area contributed by atoms with Crippen LogP contribution in [0.25, 0.3) is 0 Å². The molecule has 3 fully saturated rings. The van der Waals surface area contributed by atoms with Crippen molar-refractivity contribution < 1.29 is 27.4 Å². The van der Waals surface area contributed by atoms with Crippen LogP contribution in [0.3, 0.4) is 0 Å². The normalized spacial score (nSPS) is 43.4. The molecule has 8 heteroatoms. The number of nitrogens with two attached hydrogens (primary N) is 1. The van der Waals surface area contributed by atoms with E-state index in [0.717, 1.165) is 0 Å². The molecule has 5 nitrogen and oxygen atoms in total. The summed E-state index contributed by atoms with van der Waals surface area (Å²) in [4.78, 5) is 12.0. The molecule has 20 heavy (non-hydrogen) atoms. The number of fused-ring (bicyclic) bond motifs is 2. The summed E-state index contributed by atoms with van der Waals surface area (Å²) in [7, 11) is 0. The van der Waals surface area contributed by atoms with Crippen molar-refractivity contribution in [1.82, 2.24) is 5.32 Å². The maximum Gasteiger partial charge on any atom is 0.522 e. The lowest BCUT2D eigenvalue weighted by Gasteiger charge is -2.36. The monoisotopic (exact) mass is 294 g/mol. The fraction of sp³-hybridized carbons (Fsp3) is 0.917. The van der Waals surface area contributed by atoms with Crippen LogP contribution < -0.4 is 11.1 Å². The third kappa shape index (κ3) is 2.77. The molecule has 0 spiro atoms. The van der Waals surface area contributed by atoms with Crippen molar-refractivity contribution in [2.24, 2.45) is 11.7 Å². The summed E-state index contributed by atoms with van der Waals surface area (Å²) in [5.74, 6) is -0.359. The van der Waals surface area contributed by atoms with E-state index >= 15 is 0 Å². The van der Waals surface area contributed by atoms with E-state index in [1.165, 1.54) is 0 Å². The van der Waals surface area contributed by atoms with Gasteiger partial charge in [0.05, 0.1) is 24.2 Å². The molecular weight excluding hydrogens is 277 g/mol. The molecule has 0 unspecified atom stereocenters. The first-order chi connectivity index (χ1) is 9.32. The third-order valence-corrected chi connectivity index (χ3v) is 4.34. The zero-order valence-corrected chi connectivity index (χ0v) is 10.7. The van der Waals surface area contributed by atoms with Crippen molar-refractivity contribution in [1.29, 1.82) is 0 Å². The quantitative estimate of drug-likeness (QED) is 0.802. The van der Waals surface area contributed by atoms with Gasteiger partial charge in [0.2, 0.25) is 5.91 Å². The maximum absolute atomic E-state index is 12.0. The minimum atomic E-state index is -4.60. The number of rotatable bonds is 3. The number of alkyl halides is 3. The molecule has 0 aromatic rings. The Morgan fingerprint density at radius 2 is 1.90 bits per heavy atom. The summed E-state index contributed by atoms with van der Waals surface area (Å²) in [6.45, 7) is 0. The maximum atomic E-state index is 12.0. The van der Waals surface area contributed by atoms with Crippen LogP contribution in [0.4, 0.5) is 13.2 Å². The second-order valence-corrected chi connectivity index (χ2v) is 5.82. The first-order valence-electron chi connectivity index (χ1n) is 6.78. The standard InChI is InChI=1S/C12H17F3N2O3/c13-12(14,15)20-6-1-5(2-6)17-11(18)7-3-10-8(16)4-9(7)19-10/h5-10H,1-4,16H2,(H,17,18)/t5-,6+,7-,8-,9+,10+/m1/s1. The highest BCUT2D eigenvalue weighted by atomic mass is 19.4. The first-order valence-corrected chi connectivity index (χ1v) is 6.78. The van der Waals surface area contributed by atoms with E-state index in [-0.39, 0.29) is 49.0 Å². The van der Waals surface area contributed by atoms with Gasteiger partial charge in [-0.1, -0.05) is 0 Å². The Bertz CT molecular complexity index is 396. The molecule has 3 N–H and O–H groups in total. The van der Waals surface area contributed by atoms with Gasteiger partial charge in [-0.15, -0.1) is 13.2 Å². The Labute approximate surface area is 114 Å². The zero-order valence-electron chi connectivity index (χ0n) is 10.7. The molecule has 2 heterocycles. The SMILES string of the molecule is N[C@@H]1C[C@@H]2O[C@H]1C[C@H]2C(=O)N[C@H]1C[C@@H](OC(F)(F)F)C1. The van der Waals surface area contributed by atoms with Crippen LogP contribution in [-0.2, 0) is 14.3 Å². The molecule has 1 amide bonds. The second-order valence-electron chi connectivity index (χ2n) is 5.82. The molecule has 3 aliphatic rings. The summed E-state index contributed by atoms with van der Waals surface area (Å²) < 4.78 is 45.3. The highest BCUT2D eigenvalue weighted by Crippen LogP contribution is 2.39. The molecule has 1 saturated carbocycles. The van der Waals surface area contributed by atoms with Crippen molar-refractivity contribution >= 4 is 5.91 Å². The van der Waals surface area contributed by atoms with E-state index in [1.807, 2.05) is 0 Å². The topological polar surface area (TPSA) is 73.6 Å². The van der Waals surface area contributed by atoms with Crippen molar-refractivity contribution in [3.8, 4) is 0 Å². The fourth-order valence-corrected chi connectivity index (χ4v) is 3.25. The molecule has 1 aliphatic carbocycles. The number of hydrogen-bond acceptors (Lipinski definition) is 4. The number of amides is 1. The molecule has 0 aromatic carbocycles. The van der Waals surface area contributed by atoms with E-state index in [4.69, 9.17) is 10.5 Å². The number of nitrogens with one attached hydrogen (secondary N) is 1. The molecule has 0 radical (unpaired) electrons. The Morgan fingerprint density at radius 3 is 2.40 bits per heavy atom. The summed E-state index contributed by atoms with van der Waals surface area (Å²) >= 11 is 0. The van der Waals surface area contributed by atoms with Crippen LogP contribution in [0, 0.1) is 5.92 Å². The first kappa shape index (κ1) is 14.1. The van der Waals surface area contributed by atoms with Crippen molar-refractivity contribution in [3.05, 3.63) is 0 Å². The van der Waals surface area contributed by atoms with Gasteiger partial charge >= 0.3 is 6.36 Å². The van der Waals surface area contributed by atoms with E-state index in [2.05, 4.69) is 10.1 Å². The fourth-order valence-electron chi connectivity index (χ4n) is 3.25.